The van der Waals surface area contributed by atoms with E-state index in [1.807, 2.05) is 29.5 Å². The molecule has 2 aromatic carbocycles. The quantitative estimate of drug-likeness (QED) is 0.741. The van der Waals surface area contributed by atoms with Crippen LogP contribution >= 0.6 is 11.3 Å². The lowest BCUT2D eigenvalue weighted by Gasteiger charge is -2.12. The molecule has 1 heterocycles. The van der Waals surface area contributed by atoms with E-state index in [2.05, 4.69) is 42.6 Å². The minimum Gasteiger partial charge on any atom is -0.508 e. The summed E-state index contributed by atoms with van der Waals surface area (Å²) >= 11 is 1.82. The van der Waals surface area contributed by atoms with Gasteiger partial charge >= 0.3 is 0 Å². The van der Waals surface area contributed by atoms with Crippen LogP contribution in [0.1, 0.15) is 23.4 Å². The molecule has 1 aromatic heterocycles. The average Bonchev–Trinajstić information content (AvgIpc) is 2.90. The van der Waals surface area contributed by atoms with Gasteiger partial charge in [-0.25, -0.2) is 0 Å². The SMILES string of the molecule is CC(NCc1ccccc1O)c1cc2ccccc2s1. The van der Waals surface area contributed by atoms with Crippen LogP contribution in [0.25, 0.3) is 10.1 Å². The van der Waals surface area contributed by atoms with E-state index >= 15 is 0 Å². The molecule has 0 radical (unpaired) electrons. The highest BCUT2D eigenvalue weighted by atomic mass is 32.1. The molecular weight excluding hydrogens is 266 g/mol. The lowest BCUT2D eigenvalue weighted by molar-refractivity contribution is 0.461. The molecule has 0 saturated carbocycles. The van der Waals surface area contributed by atoms with E-state index in [0.717, 1.165) is 5.56 Å². The molecule has 3 aromatic rings. The number of rotatable bonds is 4. The van der Waals surface area contributed by atoms with E-state index in [1.165, 1.54) is 15.0 Å². The van der Waals surface area contributed by atoms with Crippen molar-refractivity contribution in [2.45, 2.75) is 19.5 Å². The first kappa shape index (κ1) is 13.2. The zero-order valence-corrected chi connectivity index (χ0v) is 12.2. The number of hydrogen-bond donors (Lipinski definition) is 2. The van der Waals surface area contributed by atoms with Crippen LogP contribution < -0.4 is 5.32 Å². The Kier molecular flexibility index (Phi) is 3.72. The third-order valence-electron chi connectivity index (χ3n) is 3.46. The van der Waals surface area contributed by atoms with Crippen molar-refractivity contribution in [1.82, 2.24) is 5.32 Å². The molecule has 0 aliphatic rings. The van der Waals surface area contributed by atoms with Crippen molar-refractivity contribution in [2.75, 3.05) is 0 Å². The van der Waals surface area contributed by atoms with Gasteiger partial charge in [0, 0.05) is 27.7 Å². The number of phenols is 1. The minimum atomic E-state index is 0.270. The number of aromatic hydroxyl groups is 1. The van der Waals surface area contributed by atoms with Gasteiger partial charge in [0.15, 0.2) is 0 Å². The van der Waals surface area contributed by atoms with Gasteiger partial charge in [0.25, 0.3) is 0 Å². The first-order valence-electron chi connectivity index (χ1n) is 6.73. The van der Waals surface area contributed by atoms with Gasteiger partial charge in [-0.3, -0.25) is 0 Å². The smallest absolute Gasteiger partial charge is 0.120 e. The fourth-order valence-electron chi connectivity index (χ4n) is 2.24. The highest BCUT2D eigenvalue weighted by Gasteiger charge is 2.09. The van der Waals surface area contributed by atoms with Gasteiger partial charge in [-0.1, -0.05) is 36.4 Å². The number of hydrogen-bond acceptors (Lipinski definition) is 3. The standard InChI is InChI=1S/C17H17NOS/c1-12(18-11-14-7-2-4-8-15(14)19)17-10-13-6-3-5-9-16(13)20-17/h2-10,12,18-19H,11H2,1H3. The Balaban J connectivity index is 1.73. The molecule has 1 atom stereocenters. The first-order chi connectivity index (χ1) is 9.74. The number of phenolic OH excluding ortho intramolecular Hbond substituents is 1. The summed E-state index contributed by atoms with van der Waals surface area (Å²) in [5.41, 5.74) is 0.931. The van der Waals surface area contributed by atoms with Crippen molar-refractivity contribution in [2.24, 2.45) is 0 Å². The number of para-hydroxylation sites is 1. The zero-order valence-electron chi connectivity index (χ0n) is 11.3. The van der Waals surface area contributed by atoms with Crippen LogP contribution in [0.4, 0.5) is 0 Å². The Bertz CT molecular complexity index is 687. The minimum absolute atomic E-state index is 0.270. The third-order valence-corrected chi connectivity index (χ3v) is 4.76. The lowest BCUT2D eigenvalue weighted by atomic mass is 10.1. The first-order valence-corrected chi connectivity index (χ1v) is 7.54. The summed E-state index contributed by atoms with van der Waals surface area (Å²) in [4.78, 5) is 1.32. The largest absolute Gasteiger partial charge is 0.508 e. The van der Waals surface area contributed by atoms with Gasteiger partial charge in [-0.05, 0) is 30.5 Å². The predicted molar refractivity (Wildman–Crippen MR) is 85.2 cm³/mol. The summed E-state index contributed by atoms with van der Waals surface area (Å²) in [6.45, 7) is 2.83. The Hall–Kier alpha value is -1.84. The molecule has 0 bridgehead atoms. The van der Waals surface area contributed by atoms with Crippen LogP contribution in [-0.4, -0.2) is 5.11 Å². The summed E-state index contributed by atoms with van der Waals surface area (Å²) in [5.74, 6) is 0.351. The molecule has 0 spiro atoms. The van der Waals surface area contributed by atoms with Crippen molar-refractivity contribution in [3.05, 3.63) is 65.0 Å². The summed E-state index contributed by atoms with van der Waals surface area (Å²) in [7, 11) is 0. The molecule has 0 aliphatic heterocycles. The Morgan fingerprint density at radius 1 is 1.10 bits per heavy atom. The van der Waals surface area contributed by atoms with E-state index in [0.29, 0.717) is 12.3 Å². The van der Waals surface area contributed by atoms with Crippen molar-refractivity contribution >= 4 is 21.4 Å². The fraction of sp³-hybridized carbons (Fsp3) is 0.176. The highest BCUT2D eigenvalue weighted by Crippen LogP contribution is 2.30. The molecule has 0 fully saturated rings. The highest BCUT2D eigenvalue weighted by molar-refractivity contribution is 7.19. The Morgan fingerprint density at radius 2 is 1.85 bits per heavy atom. The van der Waals surface area contributed by atoms with Crippen molar-refractivity contribution in [3.63, 3.8) is 0 Å². The molecule has 3 heteroatoms. The zero-order chi connectivity index (χ0) is 13.9. The topological polar surface area (TPSA) is 32.3 Å². The second-order valence-corrected chi connectivity index (χ2v) is 6.03. The average molecular weight is 283 g/mol. The van der Waals surface area contributed by atoms with Gasteiger partial charge in [0.1, 0.15) is 5.75 Å². The van der Waals surface area contributed by atoms with Gasteiger partial charge in [-0.15, -0.1) is 11.3 Å². The van der Waals surface area contributed by atoms with Crippen LogP contribution in [-0.2, 0) is 6.54 Å². The molecule has 0 aliphatic carbocycles. The van der Waals surface area contributed by atoms with Gasteiger partial charge in [-0.2, -0.15) is 0 Å². The Morgan fingerprint density at radius 3 is 2.65 bits per heavy atom. The van der Waals surface area contributed by atoms with Crippen LogP contribution in [0.3, 0.4) is 0 Å². The van der Waals surface area contributed by atoms with Gasteiger partial charge in [0.05, 0.1) is 0 Å². The van der Waals surface area contributed by atoms with Crippen LogP contribution in [0.15, 0.2) is 54.6 Å². The molecule has 1 unspecified atom stereocenters. The number of thiophene rings is 1. The van der Waals surface area contributed by atoms with E-state index in [9.17, 15) is 5.11 Å². The van der Waals surface area contributed by atoms with E-state index in [-0.39, 0.29) is 6.04 Å². The lowest BCUT2D eigenvalue weighted by Crippen LogP contribution is -2.17. The normalized spacial score (nSPS) is 12.7. The molecule has 0 saturated heterocycles. The molecule has 102 valence electrons. The van der Waals surface area contributed by atoms with Crippen molar-refractivity contribution in [1.29, 1.82) is 0 Å². The summed E-state index contributed by atoms with van der Waals surface area (Å²) in [6.07, 6.45) is 0. The summed E-state index contributed by atoms with van der Waals surface area (Å²) < 4.78 is 1.32. The maximum absolute atomic E-state index is 9.77. The second kappa shape index (κ2) is 5.65. The molecule has 20 heavy (non-hydrogen) atoms. The molecular formula is C17H17NOS. The predicted octanol–water partition coefficient (Wildman–Crippen LogP) is 4.46. The molecule has 3 rings (SSSR count). The maximum Gasteiger partial charge on any atom is 0.120 e. The maximum atomic E-state index is 9.77. The van der Waals surface area contributed by atoms with Gasteiger partial charge < -0.3 is 10.4 Å². The van der Waals surface area contributed by atoms with Crippen LogP contribution in [0.5, 0.6) is 5.75 Å². The number of nitrogens with one attached hydrogen (secondary N) is 1. The fourth-order valence-corrected chi connectivity index (χ4v) is 3.33. The van der Waals surface area contributed by atoms with Crippen LogP contribution in [0, 0.1) is 0 Å². The van der Waals surface area contributed by atoms with E-state index < -0.39 is 0 Å². The Labute approximate surface area is 122 Å². The summed E-state index contributed by atoms with van der Waals surface area (Å²) in [6, 6.07) is 18.4. The van der Waals surface area contributed by atoms with E-state index in [1.54, 1.807) is 6.07 Å². The molecule has 2 nitrogen and oxygen atoms in total. The molecule has 0 amide bonds. The van der Waals surface area contributed by atoms with Crippen LogP contribution in [0.2, 0.25) is 0 Å². The van der Waals surface area contributed by atoms with Crippen molar-refractivity contribution < 1.29 is 5.11 Å². The summed E-state index contributed by atoms with van der Waals surface area (Å²) in [5, 5.41) is 14.5. The van der Waals surface area contributed by atoms with Crippen molar-refractivity contribution in [3.8, 4) is 5.75 Å². The number of benzene rings is 2. The van der Waals surface area contributed by atoms with Gasteiger partial charge in [0.2, 0.25) is 0 Å². The van der Waals surface area contributed by atoms with E-state index in [4.69, 9.17) is 0 Å². The molecule has 2 N–H and O–H groups in total. The monoisotopic (exact) mass is 283 g/mol. The number of fused-ring (bicyclic) bond motifs is 1. The third kappa shape index (κ3) is 2.69. The second-order valence-electron chi connectivity index (χ2n) is 4.92.